The number of rotatable bonds is 4. The molecule has 1 N–H and O–H groups in total. The van der Waals surface area contributed by atoms with Crippen molar-refractivity contribution in [3.05, 3.63) is 89.4 Å². The lowest BCUT2D eigenvalue weighted by Gasteiger charge is -2.29. The number of fused-ring (bicyclic) bond motifs is 1. The van der Waals surface area contributed by atoms with Gasteiger partial charge in [0.2, 0.25) is 0 Å². The number of hydrogen-bond acceptors (Lipinski definition) is 3. The fourth-order valence-corrected chi connectivity index (χ4v) is 3.32. The third-order valence-corrected chi connectivity index (χ3v) is 4.75. The van der Waals surface area contributed by atoms with Gasteiger partial charge < -0.3 is 10.2 Å². The molecular weight excluding hydrogens is 341 g/mol. The number of pyridine rings is 1. The van der Waals surface area contributed by atoms with Gasteiger partial charge in [-0.05, 0) is 54.3 Å². The molecule has 1 aliphatic rings. The van der Waals surface area contributed by atoms with Crippen LogP contribution < -0.4 is 10.2 Å². The fourth-order valence-electron chi connectivity index (χ4n) is 3.32. The SMILES string of the molecule is O=C(c1ccc(NCc2ccc(F)cc2)nc1)N1CCCc2ccccc21. The quantitative estimate of drug-likeness (QED) is 0.748. The van der Waals surface area contributed by atoms with Crippen LogP contribution in [-0.4, -0.2) is 17.4 Å². The number of carbonyl (C=O) groups excluding carboxylic acids is 1. The van der Waals surface area contributed by atoms with Crippen molar-refractivity contribution in [1.29, 1.82) is 0 Å². The van der Waals surface area contributed by atoms with Crippen LogP contribution in [0.25, 0.3) is 0 Å². The molecule has 1 amide bonds. The van der Waals surface area contributed by atoms with E-state index in [0.29, 0.717) is 17.9 Å². The Hall–Kier alpha value is -3.21. The highest BCUT2D eigenvalue weighted by atomic mass is 19.1. The standard InChI is InChI=1S/C22H20FN3O/c23-19-10-7-16(8-11-19)14-24-21-12-9-18(15-25-21)22(27)26-13-3-5-17-4-1-2-6-20(17)26/h1-2,4,6-12,15H,3,5,13-14H2,(H,24,25). The number of para-hydroxylation sites is 1. The third kappa shape index (κ3) is 3.82. The van der Waals surface area contributed by atoms with Crippen molar-refractivity contribution in [3.63, 3.8) is 0 Å². The number of anilines is 2. The first-order valence-electron chi connectivity index (χ1n) is 9.05. The molecule has 1 aliphatic heterocycles. The third-order valence-electron chi connectivity index (χ3n) is 4.75. The molecule has 4 nitrogen and oxygen atoms in total. The summed E-state index contributed by atoms with van der Waals surface area (Å²) in [5.74, 6) is 0.397. The van der Waals surface area contributed by atoms with Crippen molar-refractivity contribution in [2.75, 3.05) is 16.8 Å². The van der Waals surface area contributed by atoms with Crippen LogP contribution in [0.4, 0.5) is 15.9 Å². The number of halogens is 1. The van der Waals surface area contributed by atoms with Gasteiger partial charge in [0, 0.05) is 25.0 Å². The summed E-state index contributed by atoms with van der Waals surface area (Å²) in [6.45, 7) is 1.26. The molecule has 0 unspecified atom stereocenters. The van der Waals surface area contributed by atoms with E-state index in [-0.39, 0.29) is 11.7 Å². The first-order chi connectivity index (χ1) is 13.2. The van der Waals surface area contributed by atoms with Crippen LogP contribution in [0, 0.1) is 5.82 Å². The largest absolute Gasteiger partial charge is 0.366 e. The van der Waals surface area contributed by atoms with E-state index in [9.17, 15) is 9.18 Å². The van der Waals surface area contributed by atoms with Gasteiger partial charge in [0.05, 0.1) is 5.56 Å². The van der Waals surface area contributed by atoms with Crippen LogP contribution in [0.3, 0.4) is 0 Å². The molecule has 0 saturated carbocycles. The number of aromatic nitrogens is 1. The lowest BCUT2D eigenvalue weighted by molar-refractivity contribution is 0.0985. The Morgan fingerprint density at radius 2 is 1.89 bits per heavy atom. The summed E-state index contributed by atoms with van der Waals surface area (Å²) in [6, 6.07) is 18.0. The van der Waals surface area contributed by atoms with Crippen LogP contribution >= 0.6 is 0 Å². The Morgan fingerprint density at radius 1 is 1.07 bits per heavy atom. The molecule has 5 heteroatoms. The zero-order valence-corrected chi connectivity index (χ0v) is 14.9. The van der Waals surface area contributed by atoms with Gasteiger partial charge in [-0.15, -0.1) is 0 Å². The summed E-state index contributed by atoms with van der Waals surface area (Å²) in [6.07, 6.45) is 3.57. The predicted molar refractivity (Wildman–Crippen MR) is 104 cm³/mol. The average Bonchev–Trinajstić information content (AvgIpc) is 2.73. The molecule has 27 heavy (non-hydrogen) atoms. The Kier molecular flexibility index (Phi) is 4.83. The van der Waals surface area contributed by atoms with Crippen molar-refractivity contribution in [2.24, 2.45) is 0 Å². The Labute approximate surface area is 157 Å². The van der Waals surface area contributed by atoms with Gasteiger partial charge in [-0.25, -0.2) is 9.37 Å². The first-order valence-corrected chi connectivity index (χ1v) is 9.05. The number of carbonyl (C=O) groups is 1. The highest BCUT2D eigenvalue weighted by Gasteiger charge is 2.23. The molecular formula is C22H20FN3O. The molecule has 2 heterocycles. The molecule has 0 saturated heterocycles. The van der Waals surface area contributed by atoms with Gasteiger partial charge in [-0.1, -0.05) is 30.3 Å². The summed E-state index contributed by atoms with van der Waals surface area (Å²) < 4.78 is 12.9. The molecule has 0 bridgehead atoms. The summed E-state index contributed by atoms with van der Waals surface area (Å²) in [4.78, 5) is 19.1. The van der Waals surface area contributed by atoms with Crippen molar-refractivity contribution < 1.29 is 9.18 Å². The molecule has 0 radical (unpaired) electrons. The molecule has 0 fully saturated rings. The number of nitrogens with zero attached hydrogens (tertiary/aromatic N) is 2. The molecule has 0 atom stereocenters. The zero-order chi connectivity index (χ0) is 18.6. The van der Waals surface area contributed by atoms with Gasteiger partial charge in [0.25, 0.3) is 5.91 Å². The van der Waals surface area contributed by atoms with Crippen molar-refractivity contribution in [2.45, 2.75) is 19.4 Å². The molecule has 4 rings (SSSR count). The molecule has 0 aliphatic carbocycles. The molecule has 136 valence electrons. The van der Waals surface area contributed by atoms with Crippen LogP contribution in [0.1, 0.15) is 27.9 Å². The number of hydrogen-bond donors (Lipinski definition) is 1. The minimum atomic E-state index is -0.251. The van der Waals surface area contributed by atoms with Crippen molar-refractivity contribution in [3.8, 4) is 0 Å². The Bertz CT molecular complexity index is 939. The van der Waals surface area contributed by atoms with E-state index in [2.05, 4.69) is 16.4 Å². The van der Waals surface area contributed by atoms with E-state index in [1.165, 1.54) is 17.7 Å². The Morgan fingerprint density at radius 3 is 2.67 bits per heavy atom. The smallest absolute Gasteiger partial charge is 0.259 e. The van der Waals surface area contributed by atoms with Crippen molar-refractivity contribution in [1.82, 2.24) is 4.98 Å². The van der Waals surface area contributed by atoms with Crippen LogP contribution in [0.5, 0.6) is 0 Å². The molecule has 3 aromatic rings. The highest BCUT2D eigenvalue weighted by Crippen LogP contribution is 2.28. The predicted octanol–water partition coefficient (Wildman–Crippen LogP) is 4.43. The van der Waals surface area contributed by atoms with Crippen LogP contribution in [0.2, 0.25) is 0 Å². The van der Waals surface area contributed by atoms with E-state index in [4.69, 9.17) is 0 Å². The second-order valence-electron chi connectivity index (χ2n) is 6.60. The van der Waals surface area contributed by atoms with E-state index in [1.807, 2.05) is 23.1 Å². The van der Waals surface area contributed by atoms with E-state index in [0.717, 1.165) is 30.6 Å². The van der Waals surface area contributed by atoms with Gasteiger partial charge in [0.15, 0.2) is 0 Å². The van der Waals surface area contributed by atoms with E-state index < -0.39 is 0 Å². The fraction of sp³-hybridized carbons (Fsp3) is 0.182. The summed E-state index contributed by atoms with van der Waals surface area (Å²) in [7, 11) is 0. The summed E-state index contributed by atoms with van der Waals surface area (Å²) in [5, 5.41) is 3.18. The van der Waals surface area contributed by atoms with Gasteiger partial charge in [-0.3, -0.25) is 4.79 Å². The average molecular weight is 361 g/mol. The zero-order valence-electron chi connectivity index (χ0n) is 14.9. The minimum absolute atomic E-state index is 0.0280. The first kappa shape index (κ1) is 17.2. The van der Waals surface area contributed by atoms with Crippen LogP contribution in [0.15, 0.2) is 66.9 Å². The van der Waals surface area contributed by atoms with E-state index in [1.54, 1.807) is 30.5 Å². The summed E-state index contributed by atoms with van der Waals surface area (Å²) in [5.41, 5.74) is 3.73. The summed E-state index contributed by atoms with van der Waals surface area (Å²) >= 11 is 0. The molecule has 2 aromatic carbocycles. The lowest BCUT2D eigenvalue weighted by Crippen LogP contribution is -2.35. The normalized spacial score (nSPS) is 13.1. The second-order valence-corrected chi connectivity index (χ2v) is 6.60. The molecule has 1 aromatic heterocycles. The lowest BCUT2D eigenvalue weighted by atomic mass is 10.0. The van der Waals surface area contributed by atoms with Crippen molar-refractivity contribution >= 4 is 17.4 Å². The molecule has 0 spiro atoms. The maximum atomic E-state index is 12.9. The highest BCUT2D eigenvalue weighted by molar-refractivity contribution is 6.06. The van der Waals surface area contributed by atoms with Gasteiger partial charge in [0.1, 0.15) is 11.6 Å². The number of aryl methyl sites for hydroxylation is 1. The van der Waals surface area contributed by atoms with Gasteiger partial charge in [-0.2, -0.15) is 0 Å². The van der Waals surface area contributed by atoms with Crippen LogP contribution in [-0.2, 0) is 13.0 Å². The number of benzene rings is 2. The monoisotopic (exact) mass is 361 g/mol. The second kappa shape index (κ2) is 7.58. The topological polar surface area (TPSA) is 45.2 Å². The maximum Gasteiger partial charge on any atom is 0.259 e. The number of amides is 1. The minimum Gasteiger partial charge on any atom is -0.366 e. The maximum absolute atomic E-state index is 12.9. The number of nitrogens with one attached hydrogen (secondary N) is 1. The van der Waals surface area contributed by atoms with Gasteiger partial charge >= 0.3 is 0 Å². The van der Waals surface area contributed by atoms with E-state index >= 15 is 0 Å². The Balaban J connectivity index is 1.44.